The van der Waals surface area contributed by atoms with Crippen LogP contribution in [0.25, 0.3) is 26.2 Å². The normalized spacial score (nSPS) is 11.3. The number of halogens is 2. The number of hydrogen-bond acceptors (Lipinski definition) is 12. The second kappa shape index (κ2) is 19.4. The van der Waals surface area contributed by atoms with Gasteiger partial charge in [-0.2, -0.15) is 0 Å². The Morgan fingerprint density at radius 3 is 1.84 bits per heavy atom. The Bertz CT molecular complexity index is 2590. The summed E-state index contributed by atoms with van der Waals surface area (Å²) in [5.74, 6) is -4.15. The van der Waals surface area contributed by atoms with E-state index in [-0.39, 0.29) is 86.5 Å². The van der Waals surface area contributed by atoms with E-state index in [1.165, 1.54) is 81.4 Å². The molecule has 0 saturated carbocycles. The minimum Gasteiger partial charge on any atom is -0.490 e. The van der Waals surface area contributed by atoms with Crippen molar-refractivity contribution in [2.45, 2.75) is 41.0 Å². The Hall–Kier alpha value is -6.93. The molecule has 0 unspecified atom stereocenters. The number of carbonyl (C=O) groups is 5. The minimum absolute atomic E-state index is 0.0382. The molecule has 61 heavy (non-hydrogen) atoms. The predicted octanol–water partition coefficient (Wildman–Crippen LogP) is 9.97. The van der Waals surface area contributed by atoms with Crippen molar-refractivity contribution in [2.75, 3.05) is 19.8 Å². The third-order valence-electron chi connectivity index (χ3n) is 9.06. The van der Waals surface area contributed by atoms with Crippen LogP contribution in [-0.2, 0) is 28.7 Å². The van der Waals surface area contributed by atoms with Gasteiger partial charge in [-0.05, 0) is 100 Å². The van der Waals surface area contributed by atoms with E-state index in [1.54, 1.807) is 26.0 Å². The summed E-state index contributed by atoms with van der Waals surface area (Å²) < 4.78 is 64.5. The van der Waals surface area contributed by atoms with Crippen molar-refractivity contribution in [3.63, 3.8) is 0 Å². The third-order valence-corrected chi connectivity index (χ3v) is 10.3. The highest BCUT2D eigenvalue weighted by atomic mass is 32.1. The summed E-state index contributed by atoms with van der Waals surface area (Å²) in [6.07, 6.45) is 2.51. The zero-order valence-corrected chi connectivity index (χ0v) is 34.9. The molecule has 0 spiro atoms. The van der Waals surface area contributed by atoms with Crippen LogP contribution in [0.1, 0.15) is 55.6 Å². The fourth-order valence-electron chi connectivity index (χ4n) is 5.51. The lowest BCUT2D eigenvalue weighted by molar-refractivity contribution is -0.149. The van der Waals surface area contributed by atoms with Crippen molar-refractivity contribution in [3.8, 4) is 23.0 Å². The first-order valence-corrected chi connectivity index (χ1v) is 19.5. The molecule has 0 N–H and O–H groups in total. The van der Waals surface area contributed by atoms with E-state index in [0.29, 0.717) is 16.3 Å². The Kier molecular flexibility index (Phi) is 14.4. The van der Waals surface area contributed by atoms with Gasteiger partial charge in [-0.1, -0.05) is 38.8 Å². The van der Waals surface area contributed by atoms with Crippen LogP contribution in [0.15, 0.2) is 109 Å². The monoisotopic (exact) mass is 852 g/mol. The van der Waals surface area contributed by atoms with Crippen molar-refractivity contribution in [1.29, 1.82) is 0 Å². The molecule has 0 fully saturated rings. The van der Waals surface area contributed by atoms with Gasteiger partial charge in [0.25, 0.3) is 0 Å². The number of benzene rings is 4. The maximum absolute atomic E-state index is 15.9. The Balaban J connectivity index is 1.22. The second-order valence-electron chi connectivity index (χ2n) is 14.6. The van der Waals surface area contributed by atoms with Crippen molar-refractivity contribution in [2.24, 2.45) is 5.41 Å². The van der Waals surface area contributed by atoms with E-state index >= 15 is 8.78 Å². The lowest BCUT2D eigenvalue weighted by atomic mass is 9.89. The molecule has 0 radical (unpaired) electrons. The van der Waals surface area contributed by atoms with Crippen LogP contribution in [-0.4, -0.2) is 49.7 Å². The first-order valence-electron chi connectivity index (χ1n) is 18.7. The topological polar surface area (TPSA) is 141 Å². The van der Waals surface area contributed by atoms with Gasteiger partial charge in [-0.25, -0.2) is 32.8 Å². The van der Waals surface area contributed by atoms with Crippen molar-refractivity contribution >= 4 is 67.4 Å². The van der Waals surface area contributed by atoms with Gasteiger partial charge in [0, 0.05) is 44.5 Å². The summed E-state index contributed by atoms with van der Waals surface area (Å²) in [5.41, 5.74) is 0.468. The number of aryl methyl sites for hydroxylation is 1. The molecule has 0 atom stereocenters. The Labute approximate surface area is 354 Å². The highest BCUT2D eigenvalue weighted by Crippen LogP contribution is 2.41. The molecular formula is C47H42F2O11S. The lowest BCUT2D eigenvalue weighted by Gasteiger charge is -2.28. The van der Waals surface area contributed by atoms with Gasteiger partial charge in [0.15, 0.2) is 11.6 Å². The zero-order chi connectivity index (χ0) is 44.6. The third kappa shape index (κ3) is 11.4. The summed E-state index contributed by atoms with van der Waals surface area (Å²) in [7, 11) is 0. The largest absolute Gasteiger partial charge is 0.490 e. The molecule has 316 valence electrons. The minimum atomic E-state index is -0.893. The number of ether oxygens (including phenoxy) is 6. The molecule has 0 aliphatic heterocycles. The molecular weight excluding hydrogens is 811 g/mol. The van der Waals surface area contributed by atoms with Crippen molar-refractivity contribution < 1.29 is 61.2 Å². The molecule has 4 aromatic carbocycles. The molecule has 0 aliphatic rings. The quantitative estimate of drug-likeness (QED) is 0.0501. The highest BCUT2D eigenvalue weighted by molar-refractivity contribution is 7.25. The standard InChI is InChI=1S/C47H42F2O11S/c1-26(2)43(51)56-24-47(8,25-57-44(52)27(3)4)21-22-55-37-19-17-35-34-16-11-30(39(48)41(34)61-42(35)40(37)49)12-20-38(50)60-36-18-15-33(23-29(36)7)59-46(54)31-9-13-32(14-10-31)58-45(53)28(5)6/h9-20,23H,1,3,5,21-22,24-25H2,2,4,6-8H3/b20-12+. The number of carbonyl (C=O) groups excluding carboxylic acids is 5. The van der Waals surface area contributed by atoms with Crippen LogP contribution in [0.2, 0.25) is 0 Å². The summed E-state index contributed by atoms with van der Waals surface area (Å²) >= 11 is 0.888. The van der Waals surface area contributed by atoms with E-state index < -0.39 is 46.9 Å². The fourth-order valence-corrected chi connectivity index (χ4v) is 6.69. The van der Waals surface area contributed by atoms with Crippen LogP contribution in [0.3, 0.4) is 0 Å². The molecule has 14 heteroatoms. The molecule has 11 nitrogen and oxygen atoms in total. The van der Waals surface area contributed by atoms with Gasteiger partial charge in [0.1, 0.15) is 36.3 Å². The highest BCUT2D eigenvalue weighted by Gasteiger charge is 2.30. The number of thiophene rings is 1. The van der Waals surface area contributed by atoms with E-state index in [4.69, 9.17) is 28.4 Å². The number of rotatable bonds is 17. The second-order valence-corrected chi connectivity index (χ2v) is 15.6. The molecule has 0 aliphatic carbocycles. The van der Waals surface area contributed by atoms with Crippen LogP contribution < -0.4 is 18.9 Å². The van der Waals surface area contributed by atoms with E-state index in [2.05, 4.69) is 19.7 Å². The Morgan fingerprint density at radius 2 is 1.25 bits per heavy atom. The van der Waals surface area contributed by atoms with Crippen LogP contribution in [0, 0.1) is 24.0 Å². The maximum atomic E-state index is 15.9. The molecule has 1 heterocycles. The number of fused-ring (bicyclic) bond motifs is 3. The maximum Gasteiger partial charge on any atom is 0.343 e. The van der Waals surface area contributed by atoms with Gasteiger partial charge >= 0.3 is 29.8 Å². The SMILES string of the molecule is C=C(C)C(=O)OCC(C)(CCOc1ccc2c(sc3c(F)c(/C=C/C(=O)Oc4ccc(OC(=O)c5ccc(OC(=O)C(=C)C)cc5)cc4C)ccc32)c1F)COC(=O)C(=C)C. The zero-order valence-electron chi connectivity index (χ0n) is 34.1. The first kappa shape index (κ1) is 45.2. The molecule has 0 amide bonds. The van der Waals surface area contributed by atoms with Gasteiger partial charge < -0.3 is 28.4 Å². The van der Waals surface area contributed by atoms with Crippen LogP contribution in [0.4, 0.5) is 8.78 Å². The lowest BCUT2D eigenvalue weighted by Crippen LogP contribution is -2.33. The van der Waals surface area contributed by atoms with Crippen molar-refractivity contribution in [1.82, 2.24) is 0 Å². The smallest absolute Gasteiger partial charge is 0.343 e. The van der Waals surface area contributed by atoms with Gasteiger partial charge in [0.05, 0.1) is 21.6 Å². The summed E-state index contributed by atoms with van der Waals surface area (Å²) in [4.78, 5) is 61.3. The van der Waals surface area contributed by atoms with Gasteiger partial charge in [-0.3, -0.25) is 0 Å². The predicted molar refractivity (Wildman–Crippen MR) is 227 cm³/mol. The summed E-state index contributed by atoms with van der Waals surface area (Å²) in [6, 6.07) is 16.3. The van der Waals surface area contributed by atoms with Gasteiger partial charge in [0.2, 0.25) is 0 Å². The van der Waals surface area contributed by atoms with Crippen molar-refractivity contribution in [3.05, 3.63) is 138 Å². The summed E-state index contributed by atoms with van der Waals surface area (Å²) in [6.45, 7) is 18.3. The molecule has 0 bridgehead atoms. The van der Waals surface area contributed by atoms with E-state index in [9.17, 15) is 24.0 Å². The summed E-state index contributed by atoms with van der Waals surface area (Å²) in [5, 5.41) is 0.928. The average molecular weight is 853 g/mol. The fraction of sp³-hybridized carbons (Fsp3) is 0.213. The number of hydrogen-bond donors (Lipinski definition) is 0. The van der Waals surface area contributed by atoms with Gasteiger partial charge in [-0.15, -0.1) is 11.3 Å². The molecule has 5 rings (SSSR count). The number of esters is 5. The van der Waals surface area contributed by atoms with Crippen LogP contribution >= 0.6 is 11.3 Å². The van der Waals surface area contributed by atoms with E-state index in [1.807, 2.05) is 0 Å². The van der Waals surface area contributed by atoms with Crippen LogP contribution in [0.5, 0.6) is 23.0 Å². The average Bonchev–Trinajstić information content (AvgIpc) is 3.61. The molecule has 5 aromatic rings. The van der Waals surface area contributed by atoms with E-state index in [0.717, 1.165) is 17.4 Å². The first-order chi connectivity index (χ1) is 28.8. The molecule has 1 aromatic heterocycles. The Morgan fingerprint density at radius 1 is 0.689 bits per heavy atom. The molecule has 0 saturated heterocycles.